The van der Waals surface area contributed by atoms with E-state index in [2.05, 4.69) is 19.2 Å². The van der Waals surface area contributed by atoms with Gasteiger partial charge in [-0.05, 0) is 56.0 Å². The van der Waals surface area contributed by atoms with Crippen molar-refractivity contribution in [2.24, 2.45) is 17.3 Å². The lowest BCUT2D eigenvalue weighted by Crippen LogP contribution is -2.44. The maximum atomic E-state index is 3.51. The lowest BCUT2D eigenvalue weighted by Gasteiger charge is -2.43. The summed E-state index contributed by atoms with van der Waals surface area (Å²) in [6.45, 7) is 7.34. The van der Waals surface area contributed by atoms with Crippen LogP contribution in [0.1, 0.15) is 39.5 Å². The largest absolute Gasteiger partial charge is 0.316 e. The Morgan fingerprint density at radius 1 is 1.42 bits per heavy atom. The predicted octanol–water partition coefficient (Wildman–Crippen LogP) is 2.42. The Kier molecular flexibility index (Phi) is 2.16. The van der Waals surface area contributed by atoms with Gasteiger partial charge < -0.3 is 5.32 Å². The van der Waals surface area contributed by atoms with Gasteiger partial charge in [-0.15, -0.1) is 0 Å². The molecule has 2 rings (SSSR count). The highest BCUT2D eigenvalue weighted by Crippen LogP contribution is 2.54. The molecule has 1 saturated carbocycles. The van der Waals surface area contributed by atoms with Crippen LogP contribution in [0.2, 0.25) is 0 Å². The van der Waals surface area contributed by atoms with Crippen molar-refractivity contribution in [3.05, 3.63) is 0 Å². The Labute approximate surface area is 75.9 Å². The predicted molar refractivity (Wildman–Crippen MR) is 52.1 cm³/mol. The van der Waals surface area contributed by atoms with Crippen molar-refractivity contribution in [1.29, 1.82) is 0 Å². The van der Waals surface area contributed by atoms with E-state index >= 15 is 0 Å². The highest BCUT2D eigenvalue weighted by atomic mass is 14.9. The van der Waals surface area contributed by atoms with Gasteiger partial charge in [0.25, 0.3) is 0 Å². The minimum atomic E-state index is 0.727. The zero-order valence-electron chi connectivity index (χ0n) is 8.40. The smallest absolute Gasteiger partial charge is 0.00177 e. The van der Waals surface area contributed by atoms with E-state index in [1.54, 1.807) is 0 Å². The molecule has 0 aromatic rings. The molecule has 1 aliphatic heterocycles. The van der Waals surface area contributed by atoms with Gasteiger partial charge in [0, 0.05) is 0 Å². The highest BCUT2D eigenvalue weighted by molar-refractivity contribution is 4.99. The Bertz CT molecular complexity index is 162. The summed E-state index contributed by atoms with van der Waals surface area (Å²) in [5, 5.41) is 3.51. The second-order valence-electron chi connectivity index (χ2n) is 4.72. The minimum absolute atomic E-state index is 0.727. The van der Waals surface area contributed by atoms with E-state index in [-0.39, 0.29) is 0 Å². The summed E-state index contributed by atoms with van der Waals surface area (Å²) in [6.07, 6.45) is 5.85. The van der Waals surface area contributed by atoms with E-state index in [0.29, 0.717) is 0 Å². The third-order valence-electron chi connectivity index (χ3n) is 4.25. The number of hydrogen-bond donors (Lipinski definition) is 1. The van der Waals surface area contributed by atoms with Gasteiger partial charge in [-0.2, -0.15) is 0 Å². The van der Waals surface area contributed by atoms with Crippen molar-refractivity contribution in [3.63, 3.8) is 0 Å². The molecule has 0 aromatic heterocycles. The molecule has 1 aliphatic carbocycles. The SMILES string of the molecule is CCC1(C2CC2)CCNCC1C. The van der Waals surface area contributed by atoms with E-state index in [4.69, 9.17) is 0 Å². The molecule has 1 saturated heterocycles. The van der Waals surface area contributed by atoms with Crippen molar-refractivity contribution >= 4 is 0 Å². The third kappa shape index (κ3) is 1.19. The van der Waals surface area contributed by atoms with Crippen LogP contribution in [0.5, 0.6) is 0 Å². The number of piperidine rings is 1. The van der Waals surface area contributed by atoms with Crippen LogP contribution in [0.15, 0.2) is 0 Å². The maximum absolute atomic E-state index is 3.51. The molecule has 1 heteroatoms. The van der Waals surface area contributed by atoms with Gasteiger partial charge in [-0.25, -0.2) is 0 Å². The average molecular weight is 167 g/mol. The molecule has 0 bridgehead atoms. The molecule has 1 nitrogen and oxygen atoms in total. The van der Waals surface area contributed by atoms with Crippen LogP contribution in [0.25, 0.3) is 0 Å². The molecular formula is C11H21N. The quantitative estimate of drug-likeness (QED) is 0.666. The molecule has 0 aromatic carbocycles. The molecule has 12 heavy (non-hydrogen) atoms. The van der Waals surface area contributed by atoms with E-state index < -0.39 is 0 Å². The van der Waals surface area contributed by atoms with Gasteiger partial charge in [0.05, 0.1) is 0 Å². The molecule has 2 unspecified atom stereocenters. The zero-order valence-corrected chi connectivity index (χ0v) is 8.40. The zero-order chi connectivity index (χ0) is 8.60. The Morgan fingerprint density at radius 2 is 2.17 bits per heavy atom. The van der Waals surface area contributed by atoms with Gasteiger partial charge in [-0.1, -0.05) is 13.8 Å². The van der Waals surface area contributed by atoms with Crippen LogP contribution < -0.4 is 5.32 Å². The second-order valence-corrected chi connectivity index (χ2v) is 4.72. The van der Waals surface area contributed by atoms with Crippen LogP contribution in [0, 0.1) is 17.3 Å². The first-order valence-corrected chi connectivity index (χ1v) is 5.50. The standard InChI is InChI=1S/C11H21N/c1-3-11(10-4-5-10)6-7-12-8-9(11)2/h9-10,12H,3-8H2,1-2H3. The molecule has 0 amide bonds. The fraction of sp³-hybridized carbons (Fsp3) is 1.00. The van der Waals surface area contributed by atoms with E-state index in [9.17, 15) is 0 Å². The molecular weight excluding hydrogens is 146 g/mol. The molecule has 1 N–H and O–H groups in total. The minimum Gasteiger partial charge on any atom is -0.316 e. The molecule has 1 heterocycles. The molecule has 0 spiro atoms. The number of nitrogens with one attached hydrogen (secondary N) is 1. The fourth-order valence-electron chi connectivity index (χ4n) is 3.17. The van der Waals surface area contributed by atoms with Crippen LogP contribution in [0.4, 0.5) is 0 Å². The van der Waals surface area contributed by atoms with Crippen molar-refractivity contribution in [2.45, 2.75) is 39.5 Å². The first-order chi connectivity index (χ1) is 5.79. The summed E-state index contributed by atoms with van der Waals surface area (Å²) in [4.78, 5) is 0. The van der Waals surface area contributed by atoms with E-state index in [1.165, 1.54) is 38.8 Å². The van der Waals surface area contributed by atoms with Crippen LogP contribution >= 0.6 is 0 Å². The highest BCUT2D eigenvalue weighted by Gasteiger charge is 2.47. The van der Waals surface area contributed by atoms with E-state index in [0.717, 1.165) is 17.3 Å². The van der Waals surface area contributed by atoms with Gasteiger partial charge in [0.1, 0.15) is 0 Å². The van der Waals surface area contributed by atoms with Gasteiger partial charge in [0.2, 0.25) is 0 Å². The summed E-state index contributed by atoms with van der Waals surface area (Å²) in [6, 6.07) is 0. The first-order valence-electron chi connectivity index (χ1n) is 5.50. The van der Waals surface area contributed by atoms with Crippen LogP contribution in [0.3, 0.4) is 0 Å². The first kappa shape index (κ1) is 8.55. The lowest BCUT2D eigenvalue weighted by atomic mass is 9.66. The normalized spacial score (nSPS) is 43.0. The van der Waals surface area contributed by atoms with Crippen LogP contribution in [-0.2, 0) is 0 Å². The molecule has 2 atom stereocenters. The van der Waals surface area contributed by atoms with Gasteiger partial charge >= 0.3 is 0 Å². The summed E-state index contributed by atoms with van der Waals surface area (Å²) in [7, 11) is 0. The monoisotopic (exact) mass is 167 g/mol. The van der Waals surface area contributed by atoms with Crippen molar-refractivity contribution in [2.75, 3.05) is 13.1 Å². The summed E-state index contributed by atoms with van der Waals surface area (Å²) >= 11 is 0. The van der Waals surface area contributed by atoms with Crippen molar-refractivity contribution in [3.8, 4) is 0 Å². The average Bonchev–Trinajstić information content (AvgIpc) is 2.89. The topological polar surface area (TPSA) is 12.0 Å². The Morgan fingerprint density at radius 3 is 2.67 bits per heavy atom. The molecule has 2 fully saturated rings. The molecule has 0 radical (unpaired) electrons. The van der Waals surface area contributed by atoms with Crippen LogP contribution in [-0.4, -0.2) is 13.1 Å². The summed E-state index contributed by atoms with van der Waals surface area (Å²) in [5.74, 6) is 1.99. The summed E-state index contributed by atoms with van der Waals surface area (Å²) < 4.78 is 0. The van der Waals surface area contributed by atoms with Gasteiger partial charge in [-0.3, -0.25) is 0 Å². The third-order valence-corrected chi connectivity index (χ3v) is 4.25. The molecule has 70 valence electrons. The Hall–Kier alpha value is -0.0400. The lowest BCUT2D eigenvalue weighted by molar-refractivity contribution is 0.0861. The summed E-state index contributed by atoms with van der Waals surface area (Å²) in [5.41, 5.74) is 0.727. The number of hydrogen-bond acceptors (Lipinski definition) is 1. The number of rotatable bonds is 2. The Balaban J connectivity index is 2.11. The molecule has 2 aliphatic rings. The maximum Gasteiger partial charge on any atom is -0.00177 e. The second kappa shape index (κ2) is 3.02. The van der Waals surface area contributed by atoms with Gasteiger partial charge in [0.15, 0.2) is 0 Å². The van der Waals surface area contributed by atoms with Crippen molar-refractivity contribution < 1.29 is 0 Å². The fourth-order valence-corrected chi connectivity index (χ4v) is 3.17. The van der Waals surface area contributed by atoms with E-state index in [1.807, 2.05) is 0 Å². The van der Waals surface area contributed by atoms with Crippen molar-refractivity contribution in [1.82, 2.24) is 5.32 Å².